The van der Waals surface area contributed by atoms with Crippen molar-refractivity contribution in [2.24, 2.45) is 0 Å². The maximum Gasteiger partial charge on any atom is 0.270 e. The number of nitrogens with one attached hydrogen (secondary N) is 1. The predicted molar refractivity (Wildman–Crippen MR) is 97.7 cm³/mol. The van der Waals surface area contributed by atoms with Gasteiger partial charge >= 0.3 is 0 Å². The summed E-state index contributed by atoms with van der Waals surface area (Å²) in [6.45, 7) is 2.72. The van der Waals surface area contributed by atoms with Gasteiger partial charge in [-0.1, -0.05) is 36.8 Å². The predicted octanol–water partition coefficient (Wildman–Crippen LogP) is 3.05. The van der Waals surface area contributed by atoms with E-state index < -0.39 is 0 Å². The van der Waals surface area contributed by atoms with E-state index in [4.69, 9.17) is 4.74 Å². The second kappa shape index (κ2) is 8.62. The lowest BCUT2D eigenvalue weighted by atomic mass is 10.0. The number of rotatable bonds is 6. The Morgan fingerprint density at radius 3 is 2.68 bits per heavy atom. The number of aromatic nitrogens is 1. The van der Waals surface area contributed by atoms with Gasteiger partial charge < -0.3 is 10.1 Å². The minimum absolute atomic E-state index is 0.170. The van der Waals surface area contributed by atoms with E-state index in [1.165, 1.54) is 24.8 Å². The fraction of sp³-hybridized carbons (Fsp3) is 0.400. The molecule has 5 heteroatoms. The molecule has 1 atom stereocenters. The monoisotopic (exact) mass is 339 g/mol. The highest BCUT2D eigenvalue weighted by molar-refractivity contribution is 5.92. The molecule has 1 aromatic carbocycles. The zero-order valence-electron chi connectivity index (χ0n) is 14.6. The smallest absolute Gasteiger partial charge is 0.270 e. The second-order valence-corrected chi connectivity index (χ2v) is 6.31. The van der Waals surface area contributed by atoms with Gasteiger partial charge in [-0.05, 0) is 37.6 Å². The van der Waals surface area contributed by atoms with Crippen molar-refractivity contribution < 1.29 is 9.53 Å². The molecule has 0 radical (unpaired) electrons. The molecule has 1 aromatic heterocycles. The summed E-state index contributed by atoms with van der Waals surface area (Å²) in [6, 6.07) is 14.0. The van der Waals surface area contributed by atoms with E-state index in [9.17, 15) is 4.79 Å². The third-order valence-corrected chi connectivity index (χ3v) is 4.67. The van der Waals surface area contributed by atoms with Gasteiger partial charge in [0, 0.05) is 18.8 Å². The lowest BCUT2D eigenvalue weighted by Gasteiger charge is -2.35. The number of carbonyl (C=O) groups excluding carboxylic acids is 1. The van der Waals surface area contributed by atoms with Crippen LogP contribution in [-0.2, 0) is 0 Å². The van der Waals surface area contributed by atoms with E-state index in [2.05, 4.69) is 39.5 Å². The van der Waals surface area contributed by atoms with Crippen molar-refractivity contribution in [3.8, 4) is 5.75 Å². The Balaban J connectivity index is 1.70. The second-order valence-electron chi connectivity index (χ2n) is 6.31. The molecule has 1 aliphatic heterocycles. The first-order chi connectivity index (χ1) is 12.3. The summed E-state index contributed by atoms with van der Waals surface area (Å²) in [5.41, 5.74) is 1.62. The number of carbonyl (C=O) groups is 1. The maximum absolute atomic E-state index is 12.5. The van der Waals surface area contributed by atoms with Gasteiger partial charge in [0.05, 0.1) is 13.2 Å². The molecule has 25 heavy (non-hydrogen) atoms. The summed E-state index contributed by atoms with van der Waals surface area (Å²) in [5.74, 6) is 0.465. The molecule has 1 aliphatic rings. The molecule has 0 aliphatic carbocycles. The lowest BCUT2D eigenvalue weighted by molar-refractivity contribution is 0.0919. The first-order valence-electron chi connectivity index (χ1n) is 8.85. The summed E-state index contributed by atoms with van der Waals surface area (Å²) >= 11 is 0. The van der Waals surface area contributed by atoms with Gasteiger partial charge in [-0.25, -0.2) is 0 Å². The number of methoxy groups -OCH3 is 1. The summed E-state index contributed by atoms with van der Waals surface area (Å²) < 4.78 is 5.17. The fourth-order valence-corrected chi connectivity index (χ4v) is 3.31. The largest absolute Gasteiger partial charge is 0.497 e. The van der Waals surface area contributed by atoms with E-state index in [1.807, 2.05) is 6.07 Å². The number of hydrogen-bond donors (Lipinski definition) is 1. The SMILES string of the molecule is COc1ccnc(C(=O)NC[C@@H](c2ccccc2)N2CCCCC2)c1. The van der Waals surface area contributed by atoms with Crippen LogP contribution >= 0.6 is 0 Å². The molecule has 5 nitrogen and oxygen atoms in total. The molecule has 2 heterocycles. The van der Waals surface area contributed by atoms with Gasteiger partial charge in [0.15, 0.2) is 0 Å². The van der Waals surface area contributed by atoms with E-state index in [-0.39, 0.29) is 11.9 Å². The third-order valence-electron chi connectivity index (χ3n) is 4.67. The zero-order valence-corrected chi connectivity index (χ0v) is 14.6. The Morgan fingerprint density at radius 1 is 1.20 bits per heavy atom. The average Bonchev–Trinajstić information content (AvgIpc) is 2.69. The lowest BCUT2D eigenvalue weighted by Crippen LogP contribution is -2.40. The minimum Gasteiger partial charge on any atom is -0.497 e. The highest BCUT2D eigenvalue weighted by atomic mass is 16.5. The molecule has 3 rings (SSSR count). The standard InChI is InChI=1S/C20H25N3O2/c1-25-17-10-11-21-18(14-17)20(24)22-15-19(16-8-4-2-5-9-16)23-12-6-3-7-13-23/h2,4-5,8-11,14,19H,3,6-7,12-13,15H2,1H3,(H,22,24)/t19-/m0/s1. The van der Waals surface area contributed by atoms with Crippen LogP contribution in [0.5, 0.6) is 5.75 Å². The van der Waals surface area contributed by atoms with Crippen molar-refractivity contribution in [1.82, 2.24) is 15.2 Å². The van der Waals surface area contributed by atoms with E-state index in [0.717, 1.165) is 13.1 Å². The van der Waals surface area contributed by atoms with Crippen molar-refractivity contribution in [1.29, 1.82) is 0 Å². The molecule has 2 aromatic rings. The molecule has 0 saturated carbocycles. The molecule has 1 amide bonds. The zero-order chi connectivity index (χ0) is 17.5. The Bertz CT molecular complexity index is 684. The van der Waals surface area contributed by atoms with Crippen molar-refractivity contribution in [3.63, 3.8) is 0 Å². The number of ether oxygens (including phenoxy) is 1. The first kappa shape index (κ1) is 17.4. The first-order valence-corrected chi connectivity index (χ1v) is 8.85. The molecule has 1 fully saturated rings. The van der Waals surface area contributed by atoms with Crippen LogP contribution in [-0.4, -0.2) is 42.5 Å². The van der Waals surface area contributed by atoms with E-state index >= 15 is 0 Å². The number of likely N-dealkylation sites (tertiary alicyclic amines) is 1. The van der Waals surface area contributed by atoms with Crippen LogP contribution in [0.1, 0.15) is 41.4 Å². The van der Waals surface area contributed by atoms with Crippen LogP contribution < -0.4 is 10.1 Å². The molecular formula is C20H25N3O2. The van der Waals surface area contributed by atoms with Gasteiger partial charge in [-0.15, -0.1) is 0 Å². The topological polar surface area (TPSA) is 54.5 Å². The molecule has 0 unspecified atom stereocenters. The summed E-state index contributed by atoms with van der Waals surface area (Å²) in [7, 11) is 1.58. The molecular weight excluding hydrogens is 314 g/mol. The van der Waals surface area contributed by atoms with Crippen molar-refractivity contribution in [3.05, 3.63) is 59.9 Å². The number of piperidine rings is 1. The van der Waals surface area contributed by atoms with Gasteiger partial charge in [-0.3, -0.25) is 14.7 Å². The number of pyridine rings is 1. The molecule has 1 N–H and O–H groups in total. The Kier molecular flexibility index (Phi) is 6.01. The van der Waals surface area contributed by atoms with Crippen LogP contribution in [0, 0.1) is 0 Å². The maximum atomic E-state index is 12.5. The summed E-state index contributed by atoms with van der Waals surface area (Å²) in [4.78, 5) is 19.1. The Hall–Kier alpha value is -2.40. The fourth-order valence-electron chi connectivity index (χ4n) is 3.31. The highest BCUT2D eigenvalue weighted by Crippen LogP contribution is 2.24. The normalized spacial score (nSPS) is 16.2. The van der Waals surface area contributed by atoms with Crippen LogP contribution in [0.3, 0.4) is 0 Å². The molecule has 0 bridgehead atoms. The average molecular weight is 339 g/mol. The van der Waals surface area contributed by atoms with Crippen molar-refractivity contribution in [2.45, 2.75) is 25.3 Å². The number of benzene rings is 1. The van der Waals surface area contributed by atoms with E-state index in [0.29, 0.717) is 18.0 Å². The Labute approximate surface area is 149 Å². The quantitative estimate of drug-likeness (QED) is 0.879. The van der Waals surface area contributed by atoms with Crippen LogP contribution in [0.4, 0.5) is 0 Å². The summed E-state index contributed by atoms with van der Waals surface area (Å²) in [5, 5.41) is 3.05. The van der Waals surface area contributed by atoms with Gasteiger partial charge in [-0.2, -0.15) is 0 Å². The number of nitrogens with zero attached hydrogens (tertiary/aromatic N) is 2. The number of amides is 1. The van der Waals surface area contributed by atoms with Crippen LogP contribution in [0.2, 0.25) is 0 Å². The number of hydrogen-bond acceptors (Lipinski definition) is 4. The third kappa shape index (κ3) is 4.57. The van der Waals surface area contributed by atoms with Crippen molar-refractivity contribution >= 4 is 5.91 Å². The Morgan fingerprint density at radius 2 is 1.96 bits per heavy atom. The van der Waals surface area contributed by atoms with Crippen LogP contribution in [0.15, 0.2) is 48.7 Å². The highest BCUT2D eigenvalue weighted by Gasteiger charge is 2.23. The minimum atomic E-state index is -0.170. The van der Waals surface area contributed by atoms with E-state index in [1.54, 1.807) is 25.4 Å². The molecule has 0 spiro atoms. The van der Waals surface area contributed by atoms with Gasteiger partial charge in [0.2, 0.25) is 0 Å². The molecule has 132 valence electrons. The summed E-state index contributed by atoms with van der Waals surface area (Å²) in [6.07, 6.45) is 5.31. The van der Waals surface area contributed by atoms with Gasteiger partial charge in [0.25, 0.3) is 5.91 Å². The van der Waals surface area contributed by atoms with Crippen molar-refractivity contribution in [2.75, 3.05) is 26.7 Å². The molecule has 1 saturated heterocycles. The van der Waals surface area contributed by atoms with Crippen LogP contribution in [0.25, 0.3) is 0 Å². The van der Waals surface area contributed by atoms with Gasteiger partial charge in [0.1, 0.15) is 11.4 Å².